The Kier molecular flexibility index (Phi) is 3.57. The number of hydrogen-bond acceptors (Lipinski definition) is 5. The summed E-state index contributed by atoms with van der Waals surface area (Å²) < 4.78 is 26.1. The fourth-order valence-electron chi connectivity index (χ4n) is 2.17. The van der Waals surface area contributed by atoms with Crippen LogP contribution in [0.4, 0.5) is 5.69 Å². The van der Waals surface area contributed by atoms with Crippen LogP contribution in [0.1, 0.15) is 13.3 Å². The summed E-state index contributed by atoms with van der Waals surface area (Å²) in [5.41, 5.74) is 5.57. The topological polar surface area (TPSA) is 107 Å². The summed E-state index contributed by atoms with van der Waals surface area (Å²) in [5.74, 6) is 0. The summed E-state index contributed by atoms with van der Waals surface area (Å²) >= 11 is 0. The molecule has 7 nitrogen and oxygen atoms in total. The molecule has 1 heterocycles. The predicted molar refractivity (Wildman–Crippen MR) is 69.0 cm³/mol. The molecule has 1 aromatic carbocycles. The molecule has 0 saturated carbocycles. The fourth-order valence-corrected chi connectivity index (χ4v) is 3.90. The normalized spacial score (nSPS) is 24.5. The number of benzene rings is 1. The lowest BCUT2D eigenvalue weighted by Gasteiger charge is -2.22. The van der Waals surface area contributed by atoms with Gasteiger partial charge in [-0.1, -0.05) is 6.07 Å². The molecule has 2 atom stereocenters. The Bertz CT molecular complexity index is 602. The van der Waals surface area contributed by atoms with Crippen LogP contribution in [0, 0.1) is 10.1 Å². The van der Waals surface area contributed by atoms with Gasteiger partial charge in [0.25, 0.3) is 5.69 Å². The van der Waals surface area contributed by atoms with Crippen molar-refractivity contribution in [3.8, 4) is 0 Å². The van der Waals surface area contributed by atoms with Gasteiger partial charge in [-0.2, -0.15) is 4.31 Å². The monoisotopic (exact) mass is 285 g/mol. The van der Waals surface area contributed by atoms with Crippen molar-refractivity contribution in [2.24, 2.45) is 5.73 Å². The van der Waals surface area contributed by atoms with Gasteiger partial charge in [0.1, 0.15) is 0 Å². The number of nitro benzene ring substituents is 1. The zero-order chi connectivity index (χ0) is 14.2. The molecule has 1 aliphatic rings. The van der Waals surface area contributed by atoms with Gasteiger partial charge < -0.3 is 5.73 Å². The molecule has 0 aliphatic carbocycles. The molecule has 1 aromatic rings. The van der Waals surface area contributed by atoms with Gasteiger partial charge >= 0.3 is 0 Å². The Labute approximate surface area is 111 Å². The van der Waals surface area contributed by atoms with E-state index in [0.717, 1.165) is 6.07 Å². The van der Waals surface area contributed by atoms with E-state index in [1.54, 1.807) is 6.92 Å². The highest BCUT2D eigenvalue weighted by Crippen LogP contribution is 2.27. The second-order valence-electron chi connectivity index (χ2n) is 4.56. The SMILES string of the molecule is CC1C(N)CCN1S(=O)(=O)c1cccc([N+](=O)[O-])c1. The first kappa shape index (κ1) is 13.9. The molecule has 19 heavy (non-hydrogen) atoms. The fraction of sp³-hybridized carbons (Fsp3) is 0.455. The lowest BCUT2D eigenvalue weighted by molar-refractivity contribution is -0.385. The molecule has 0 spiro atoms. The van der Waals surface area contributed by atoms with Gasteiger partial charge in [0, 0.05) is 30.8 Å². The van der Waals surface area contributed by atoms with Crippen LogP contribution >= 0.6 is 0 Å². The minimum Gasteiger partial charge on any atom is -0.326 e. The van der Waals surface area contributed by atoms with Crippen molar-refractivity contribution in [1.29, 1.82) is 0 Å². The van der Waals surface area contributed by atoms with Crippen LogP contribution in [0.3, 0.4) is 0 Å². The van der Waals surface area contributed by atoms with E-state index in [9.17, 15) is 18.5 Å². The maximum absolute atomic E-state index is 12.4. The number of rotatable bonds is 3. The maximum Gasteiger partial charge on any atom is 0.270 e. The molecule has 2 unspecified atom stereocenters. The summed E-state index contributed by atoms with van der Waals surface area (Å²) in [4.78, 5) is 10.0. The molecule has 0 bridgehead atoms. The van der Waals surface area contributed by atoms with Crippen molar-refractivity contribution >= 4 is 15.7 Å². The van der Waals surface area contributed by atoms with E-state index in [-0.39, 0.29) is 22.7 Å². The van der Waals surface area contributed by atoms with Crippen LogP contribution in [-0.4, -0.2) is 36.3 Å². The lowest BCUT2D eigenvalue weighted by atomic mass is 10.2. The van der Waals surface area contributed by atoms with Gasteiger partial charge in [-0.25, -0.2) is 8.42 Å². The molecule has 8 heteroatoms. The number of nitrogens with zero attached hydrogens (tertiary/aromatic N) is 2. The molecule has 2 rings (SSSR count). The van der Waals surface area contributed by atoms with Crippen LogP contribution in [0.15, 0.2) is 29.2 Å². The molecule has 1 saturated heterocycles. The maximum atomic E-state index is 12.4. The summed E-state index contributed by atoms with van der Waals surface area (Å²) in [7, 11) is -3.73. The van der Waals surface area contributed by atoms with Crippen LogP contribution in [0.5, 0.6) is 0 Å². The second kappa shape index (κ2) is 4.87. The number of nitrogens with two attached hydrogens (primary N) is 1. The van der Waals surface area contributed by atoms with E-state index in [1.807, 2.05) is 0 Å². The first-order chi connectivity index (χ1) is 8.84. The highest BCUT2D eigenvalue weighted by Gasteiger charge is 2.37. The molecule has 104 valence electrons. The molecule has 0 radical (unpaired) electrons. The van der Waals surface area contributed by atoms with E-state index in [2.05, 4.69) is 0 Å². The lowest BCUT2D eigenvalue weighted by Crippen LogP contribution is -2.40. The Morgan fingerprint density at radius 3 is 2.68 bits per heavy atom. The highest BCUT2D eigenvalue weighted by atomic mass is 32.2. The van der Waals surface area contributed by atoms with Crippen molar-refractivity contribution in [3.63, 3.8) is 0 Å². The van der Waals surface area contributed by atoms with Gasteiger partial charge in [-0.05, 0) is 19.4 Å². The van der Waals surface area contributed by atoms with Crippen molar-refractivity contribution in [2.45, 2.75) is 30.3 Å². The van der Waals surface area contributed by atoms with E-state index in [1.165, 1.54) is 22.5 Å². The van der Waals surface area contributed by atoms with Gasteiger partial charge in [-0.15, -0.1) is 0 Å². The van der Waals surface area contributed by atoms with Crippen molar-refractivity contribution < 1.29 is 13.3 Å². The third-order valence-electron chi connectivity index (χ3n) is 3.39. The van der Waals surface area contributed by atoms with Gasteiger partial charge in [0.15, 0.2) is 0 Å². The molecule has 1 aliphatic heterocycles. The van der Waals surface area contributed by atoms with Gasteiger partial charge in [0.05, 0.1) is 9.82 Å². The summed E-state index contributed by atoms with van der Waals surface area (Å²) in [6, 6.07) is 4.56. The molecule has 0 amide bonds. The average molecular weight is 285 g/mol. The highest BCUT2D eigenvalue weighted by molar-refractivity contribution is 7.89. The summed E-state index contributed by atoms with van der Waals surface area (Å²) in [6.07, 6.45) is 0.593. The number of hydrogen-bond donors (Lipinski definition) is 1. The molecule has 2 N–H and O–H groups in total. The van der Waals surface area contributed by atoms with Crippen LogP contribution in [-0.2, 0) is 10.0 Å². The van der Waals surface area contributed by atoms with Crippen molar-refractivity contribution in [2.75, 3.05) is 6.54 Å². The van der Waals surface area contributed by atoms with Gasteiger partial charge in [-0.3, -0.25) is 10.1 Å². The number of non-ortho nitro benzene ring substituents is 1. The Morgan fingerprint density at radius 1 is 1.47 bits per heavy atom. The van der Waals surface area contributed by atoms with Crippen molar-refractivity contribution in [3.05, 3.63) is 34.4 Å². The molecule has 0 aromatic heterocycles. The van der Waals surface area contributed by atoms with Crippen LogP contribution in [0.2, 0.25) is 0 Å². The first-order valence-corrected chi connectivity index (χ1v) is 7.30. The van der Waals surface area contributed by atoms with E-state index in [0.29, 0.717) is 13.0 Å². The zero-order valence-electron chi connectivity index (χ0n) is 10.4. The number of sulfonamides is 1. The number of nitro groups is 1. The smallest absolute Gasteiger partial charge is 0.270 e. The Morgan fingerprint density at radius 2 is 2.16 bits per heavy atom. The standard InChI is InChI=1S/C11H15N3O4S/c1-8-11(12)5-6-13(8)19(17,18)10-4-2-3-9(7-10)14(15)16/h2-4,7-8,11H,5-6,12H2,1H3. The third kappa shape index (κ3) is 2.46. The minimum absolute atomic E-state index is 0.0670. The van der Waals surface area contributed by atoms with E-state index >= 15 is 0 Å². The molecular weight excluding hydrogens is 270 g/mol. The van der Waals surface area contributed by atoms with Crippen LogP contribution in [0.25, 0.3) is 0 Å². The van der Waals surface area contributed by atoms with Gasteiger partial charge in [0.2, 0.25) is 10.0 Å². The Balaban J connectivity index is 2.40. The molecule has 1 fully saturated rings. The largest absolute Gasteiger partial charge is 0.326 e. The Hall–Kier alpha value is -1.51. The second-order valence-corrected chi connectivity index (χ2v) is 6.45. The van der Waals surface area contributed by atoms with Crippen molar-refractivity contribution in [1.82, 2.24) is 4.31 Å². The minimum atomic E-state index is -3.73. The zero-order valence-corrected chi connectivity index (χ0v) is 11.2. The van der Waals surface area contributed by atoms with E-state index in [4.69, 9.17) is 5.73 Å². The third-order valence-corrected chi connectivity index (χ3v) is 5.37. The quantitative estimate of drug-likeness (QED) is 0.650. The van der Waals surface area contributed by atoms with Crippen LogP contribution < -0.4 is 5.73 Å². The average Bonchev–Trinajstić information content (AvgIpc) is 2.70. The first-order valence-electron chi connectivity index (χ1n) is 5.86. The molecular formula is C11H15N3O4S. The summed E-state index contributed by atoms with van der Waals surface area (Å²) in [5, 5.41) is 10.7. The van der Waals surface area contributed by atoms with E-state index < -0.39 is 14.9 Å². The summed E-state index contributed by atoms with van der Waals surface area (Å²) in [6.45, 7) is 2.08. The predicted octanol–water partition coefficient (Wildman–Crippen LogP) is 0.705.